The van der Waals surface area contributed by atoms with Crippen molar-refractivity contribution >= 4 is 11.7 Å². The summed E-state index contributed by atoms with van der Waals surface area (Å²) in [6, 6.07) is 1.73. The van der Waals surface area contributed by atoms with Crippen LogP contribution in [0.2, 0.25) is 0 Å². The molecular weight excluding hydrogens is 168 g/mol. The van der Waals surface area contributed by atoms with E-state index in [0.29, 0.717) is 11.3 Å². The Morgan fingerprint density at radius 3 is 2.92 bits per heavy atom. The van der Waals surface area contributed by atoms with E-state index in [9.17, 15) is 4.79 Å². The number of carbonyl (C=O) groups is 1. The molecule has 0 amide bonds. The first kappa shape index (κ1) is 9.51. The predicted molar refractivity (Wildman–Crippen MR) is 49.1 cm³/mol. The number of anilines is 1. The Bertz CT molecular complexity index is 323. The van der Waals surface area contributed by atoms with Gasteiger partial charge in [-0.1, -0.05) is 0 Å². The molecule has 13 heavy (non-hydrogen) atoms. The number of carbonyl (C=O) groups excluding carboxylic acids is 1. The maximum absolute atomic E-state index is 10.9. The number of nitrogens with zero attached hydrogens (tertiary/aromatic N) is 1. The summed E-state index contributed by atoms with van der Waals surface area (Å²) in [6.07, 6.45) is 1.78. The fourth-order valence-corrected chi connectivity index (χ4v) is 0.985. The molecule has 0 aliphatic heterocycles. The van der Waals surface area contributed by atoms with Crippen LogP contribution in [0.1, 0.15) is 11.3 Å². The third-order valence-electron chi connectivity index (χ3n) is 1.72. The lowest BCUT2D eigenvalue weighted by Crippen LogP contribution is -2.07. The predicted octanol–water partition coefficient (Wildman–Crippen LogP) is 0.688. The molecule has 1 rings (SSSR count). The van der Waals surface area contributed by atoms with Gasteiger partial charge in [0.2, 0.25) is 0 Å². The molecule has 70 valence electrons. The minimum absolute atomic E-state index is 0.176. The van der Waals surface area contributed by atoms with Crippen LogP contribution in [0.4, 0.5) is 5.69 Å². The molecule has 1 heterocycles. The molecule has 0 aliphatic rings. The number of rotatable bonds is 2. The maximum Gasteiger partial charge on any atom is 0.310 e. The fourth-order valence-electron chi connectivity index (χ4n) is 0.985. The molecule has 2 N–H and O–H groups in total. The zero-order valence-electron chi connectivity index (χ0n) is 7.70. The van der Waals surface area contributed by atoms with Crippen LogP contribution in [0.25, 0.3) is 0 Å². The average Bonchev–Trinajstić information content (AvgIpc) is 2.09. The van der Waals surface area contributed by atoms with Gasteiger partial charge < -0.3 is 10.5 Å². The molecule has 0 fully saturated rings. The van der Waals surface area contributed by atoms with E-state index in [4.69, 9.17) is 5.73 Å². The summed E-state index contributed by atoms with van der Waals surface area (Å²) in [7, 11) is 1.35. The molecular formula is C9H12N2O2. The molecule has 0 atom stereocenters. The number of hydrogen-bond acceptors (Lipinski definition) is 4. The van der Waals surface area contributed by atoms with Gasteiger partial charge in [-0.2, -0.15) is 0 Å². The van der Waals surface area contributed by atoms with E-state index in [-0.39, 0.29) is 12.4 Å². The van der Waals surface area contributed by atoms with Crippen molar-refractivity contribution in [1.29, 1.82) is 0 Å². The second kappa shape index (κ2) is 3.89. The SMILES string of the molecule is COC(=O)Cc1cnc(C)cc1N. The highest BCUT2D eigenvalue weighted by Crippen LogP contribution is 2.12. The quantitative estimate of drug-likeness (QED) is 0.680. The minimum Gasteiger partial charge on any atom is -0.469 e. The standard InChI is InChI=1S/C9H12N2O2/c1-6-3-8(10)7(5-11-6)4-9(12)13-2/h3,5H,4H2,1-2H3,(H2,10,11). The van der Waals surface area contributed by atoms with Crippen LogP contribution >= 0.6 is 0 Å². The molecule has 0 saturated carbocycles. The zero-order chi connectivity index (χ0) is 9.84. The smallest absolute Gasteiger partial charge is 0.310 e. The van der Waals surface area contributed by atoms with E-state index >= 15 is 0 Å². The Morgan fingerprint density at radius 2 is 2.38 bits per heavy atom. The number of pyridine rings is 1. The molecule has 0 bridgehead atoms. The highest BCUT2D eigenvalue weighted by atomic mass is 16.5. The highest BCUT2D eigenvalue weighted by Gasteiger charge is 2.06. The van der Waals surface area contributed by atoms with Crippen molar-refractivity contribution in [2.75, 3.05) is 12.8 Å². The van der Waals surface area contributed by atoms with Gasteiger partial charge in [0.05, 0.1) is 13.5 Å². The van der Waals surface area contributed by atoms with E-state index in [1.165, 1.54) is 7.11 Å². The van der Waals surface area contributed by atoms with Crippen LogP contribution in [0, 0.1) is 6.92 Å². The first-order valence-corrected chi connectivity index (χ1v) is 3.91. The lowest BCUT2D eigenvalue weighted by atomic mass is 10.1. The molecule has 4 nitrogen and oxygen atoms in total. The van der Waals surface area contributed by atoms with Crippen molar-refractivity contribution in [1.82, 2.24) is 4.98 Å². The second-order valence-corrected chi connectivity index (χ2v) is 2.78. The number of aromatic nitrogens is 1. The van der Waals surface area contributed by atoms with Crippen molar-refractivity contribution in [3.8, 4) is 0 Å². The Labute approximate surface area is 76.7 Å². The number of nitrogen functional groups attached to an aromatic ring is 1. The number of methoxy groups -OCH3 is 1. The van der Waals surface area contributed by atoms with Gasteiger partial charge in [0.15, 0.2) is 0 Å². The molecule has 0 aromatic carbocycles. The van der Waals surface area contributed by atoms with Gasteiger partial charge in [0.1, 0.15) is 0 Å². The van der Waals surface area contributed by atoms with Gasteiger partial charge in [-0.25, -0.2) is 0 Å². The molecule has 1 aromatic heterocycles. The van der Waals surface area contributed by atoms with Crippen LogP contribution in [-0.2, 0) is 16.0 Å². The lowest BCUT2D eigenvalue weighted by molar-refractivity contribution is -0.139. The summed E-state index contributed by atoms with van der Waals surface area (Å²) in [4.78, 5) is 15.0. The number of hydrogen-bond donors (Lipinski definition) is 1. The Kier molecular flexibility index (Phi) is 2.84. The normalized spacial score (nSPS) is 9.69. The topological polar surface area (TPSA) is 65.2 Å². The fraction of sp³-hybridized carbons (Fsp3) is 0.333. The van der Waals surface area contributed by atoms with Gasteiger partial charge >= 0.3 is 5.97 Å². The van der Waals surface area contributed by atoms with E-state index in [0.717, 1.165) is 5.69 Å². The maximum atomic E-state index is 10.9. The van der Waals surface area contributed by atoms with Gasteiger partial charge in [0.25, 0.3) is 0 Å². The monoisotopic (exact) mass is 180 g/mol. The van der Waals surface area contributed by atoms with Gasteiger partial charge in [-0.15, -0.1) is 0 Å². The van der Waals surface area contributed by atoms with Crippen molar-refractivity contribution in [2.45, 2.75) is 13.3 Å². The van der Waals surface area contributed by atoms with Crippen LogP contribution < -0.4 is 5.73 Å². The number of aryl methyl sites for hydroxylation is 1. The highest BCUT2D eigenvalue weighted by molar-refractivity contribution is 5.74. The van der Waals surface area contributed by atoms with Crippen molar-refractivity contribution in [3.05, 3.63) is 23.5 Å². The first-order chi connectivity index (χ1) is 6.13. The van der Waals surface area contributed by atoms with Crippen LogP contribution in [-0.4, -0.2) is 18.1 Å². The van der Waals surface area contributed by atoms with Crippen LogP contribution in [0.15, 0.2) is 12.3 Å². The summed E-state index contributed by atoms with van der Waals surface area (Å²) < 4.78 is 4.52. The average molecular weight is 180 g/mol. The van der Waals surface area contributed by atoms with E-state index in [2.05, 4.69) is 9.72 Å². The van der Waals surface area contributed by atoms with Crippen molar-refractivity contribution in [2.24, 2.45) is 0 Å². The third-order valence-corrected chi connectivity index (χ3v) is 1.72. The first-order valence-electron chi connectivity index (χ1n) is 3.91. The van der Waals surface area contributed by atoms with Gasteiger partial charge in [-0.05, 0) is 13.0 Å². The molecule has 1 aromatic rings. The van der Waals surface area contributed by atoms with Gasteiger partial charge in [-0.3, -0.25) is 9.78 Å². The Balaban J connectivity index is 2.83. The van der Waals surface area contributed by atoms with Crippen molar-refractivity contribution in [3.63, 3.8) is 0 Å². The van der Waals surface area contributed by atoms with Crippen LogP contribution in [0.3, 0.4) is 0 Å². The van der Waals surface area contributed by atoms with Gasteiger partial charge in [0, 0.05) is 23.1 Å². The van der Waals surface area contributed by atoms with E-state index < -0.39 is 0 Å². The van der Waals surface area contributed by atoms with Crippen LogP contribution in [0.5, 0.6) is 0 Å². The molecule has 0 aliphatic carbocycles. The number of ether oxygens (including phenoxy) is 1. The number of nitrogens with two attached hydrogens (primary N) is 1. The van der Waals surface area contributed by atoms with Crippen molar-refractivity contribution < 1.29 is 9.53 Å². The zero-order valence-corrected chi connectivity index (χ0v) is 7.70. The van der Waals surface area contributed by atoms with E-state index in [1.807, 2.05) is 6.92 Å². The molecule has 0 radical (unpaired) electrons. The summed E-state index contributed by atoms with van der Waals surface area (Å²) in [5, 5.41) is 0. The molecule has 0 spiro atoms. The lowest BCUT2D eigenvalue weighted by Gasteiger charge is -2.03. The molecule has 0 saturated heterocycles. The largest absolute Gasteiger partial charge is 0.469 e. The summed E-state index contributed by atoms with van der Waals surface area (Å²) in [5.41, 5.74) is 7.80. The third kappa shape index (κ3) is 2.43. The minimum atomic E-state index is -0.308. The molecule has 4 heteroatoms. The summed E-state index contributed by atoms with van der Waals surface area (Å²) >= 11 is 0. The summed E-state index contributed by atoms with van der Waals surface area (Å²) in [5.74, 6) is -0.308. The Morgan fingerprint density at radius 1 is 1.69 bits per heavy atom. The summed E-state index contributed by atoms with van der Waals surface area (Å²) in [6.45, 7) is 1.85. The Hall–Kier alpha value is -1.58. The molecule has 0 unspecified atom stereocenters. The van der Waals surface area contributed by atoms with E-state index in [1.54, 1.807) is 12.3 Å². The second-order valence-electron chi connectivity index (χ2n) is 2.78. The number of esters is 1.